The predicted molar refractivity (Wildman–Crippen MR) is 82.5 cm³/mol. The highest BCUT2D eigenvalue weighted by Gasteiger charge is 2.15. The molecule has 0 aliphatic rings. The van der Waals surface area contributed by atoms with E-state index in [2.05, 4.69) is 30.9 Å². The summed E-state index contributed by atoms with van der Waals surface area (Å²) in [7, 11) is 9.53. The Bertz CT molecular complexity index is 410. The van der Waals surface area contributed by atoms with Crippen molar-refractivity contribution in [2.75, 3.05) is 55.0 Å². The van der Waals surface area contributed by atoms with Crippen LogP contribution in [0.1, 0.15) is 11.6 Å². The number of rotatable bonds is 8. The van der Waals surface area contributed by atoms with E-state index in [-0.39, 0.29) is 6.04 Å². The van der Waals surface area contributed by atoms with Crippen molar-refractivity contribution < 1.29 is 9.47 Å². The van der Waals surface area contributed by atoms with Gasteiger partial charge in [0.2, 0.25) is 0 Å². The average molecular weight is 281 g/mol. The van der Waals surface area contributed by atoms with E-state index in [9.17, 15) is 0 Å². The molecular formula is C15H27N3O2. The number of nitrogens with two attached hydrogens (primary N) is 1. The van der Waals surface area contributed by atoms with Crippen LogP contribution in [0.25, 0.3) is 0 Å². The van der Waals surface area contributed by atoms with Gasteiger partial charge in [-0.1, -0.05) is 0 Å². The molecule has 0 aromatic heterocycles. The van der Waals surface area contributed by atoms with Crippen molar-refractivity contribution in [3.63, 3.8) is 0 Å². The maximum Gasteiger partial charge on any atom is 0.123 e. The van der Waals surface area contributed by atoms with E-state index < -0.39 is 0 Å². The minimum atomic E-state index is -0.104. The summed E-state index contributed by atoms with van der Waals surface area (Å²) >= 11 is 0. The highest BCUT2D eigenvalue weighted by molar-refractivity contribution is 5.42. The number of likely N-dealkylation sites (N-methyl/N-ethyl adjacent to an activating group) is 2. The SMILES string of the molecule is COc1ccc(OC)c(C(N)CN(C)CCN(C)C)c1. The third-order valence-electron chi connectivity index (χ3n) is 3.27. The number of methoxy groups -OCH3 is 2. The fourth-order valence-electron chi connectivity index (χ4n) is 2.03. The fraction of sp³-hybridized carbons (Fsp3) is 0.600. The van der Waals surface area contributed by atoms with Gasteiger partial charge in [0, 0.05) is 31.2 Å². The van der Waals surface area contributed by atoms with Gasteiger partial charge in [0.05, 0.1) is 14.2 Å². The van der Waals surface area contributed by atoms with Gasteiger partial charge in [-0.15, -0.1) is 0 Å². The molecule has 5 nitrogen and oxygen atoms in total. The number of benzene rings is 1. The van der Waals surface area contributed by atoms with Gasteiger partial charge in [-0.25, -0.2) is 0 Å². The largest absolute Gasteiger partial charge is 0.497 e. The van der Waals surface area contributed by atoms with Crippen LogP contribution in [0.3, 0.4) is 0 Å². The zero-order chi connectivity index (χ0) is 15.1. The number of nitrogens with zero attached hydrogens (tertiary/aromatic N) is 2. The minimum Gasteiger partial charge on any atom is -0.497 e. The lowest BCUT2D eigenvalue weighted by Crippen LogP contribution is -2.34. The van der Waals surface area contributed by atoms with Gasteiger partial charge in [0.25, 0.3) is 0 Å². The number of hydrogen-bond acceptors (Lipinski definition) is 5. The zero-order valence-electron chi connectivity index (χ0n) is 13.2. The second-order valence-corrected chi connectivity index (χ2v) is 5.28. The molecule has 0 aliphatic carbocycles. The summed E-state index contributed by atoms with van der Waals surface area (Å²) in [4.78, 5) is 4.39. The van der Waals surface area contributed by atoms with Gasteiger partial charge >= 0.3 is 0 Å². The van der Waals surface area contributed by atoms with Crippen LogP contribution in [-0.2, 0) is 0 Å². The standard InChI is InChI=1S/C15H27N3O2/c1-17(2)8-9-18(3)11-14(16)13-10-12(19-4)6-7-15(13)20-5/h6-7,10,14H,8-9,11,16H2,1-5H3. The molecule has 114 valence electrons. The predicted octanol–water partition coefficient (Wildman–Crippen LogP) is 1.20. The molecule has 0 saturated heterocycles. The first-order valence-electron chi connectivity index (χ1n) is 6.78. The molecule has 0 spiro atoms. The quantitative estimate of drug-likeness (QED) is 0.776. The van der Waals surface area contributed by atoms with E-state index in [0.717, 1.165) is 36.7 Å². The molecule has 20 heavy (non-hydrogen) atoms. The Hall–Kier alpha value is -1.30. The second kappa shape index (κ2) is 8.09. The highest BCUT2D eigenvalue weighted by Crippen LogP contribution is 2.28. The average Bonchev–Trinajstić information content (AvgIpc) is 2.44. The smallest absolute Gasteiger partial charge is 0.123 e. The van der Waals surface area contributed by atoms with E-state index in [1.807, 2.05) is 18.2 Å². The third-order valence-corrected chi connectivity index (χ3v) is 3.27. The molecule has 0 heterocycles. The van der Waals surface area contributed by atoms with E-state index in [0.29, 0.717) is 0 Å². The first kappa shape index (κ1) is 16.8. The van der Waals surface area contributed by atoms with Crippen LogP contribution >= 0.6 is 0 Å². The summed E-state index contributed by atoms with van der Waals surface area (Å²) in [6, 6.07) is 5.62. The molecule has 1 aromatic rings. The molecule has 0 fully saturated rings. The molecule has 0 bridgehead atoms. The molecule has 0 aliphatic heterocycles. The van der Waals surface area contributed by atoms with Gasteiger partial charge in [0.1, 0.15) is 11.5 Å². The van der Waals surface area contributed by atoms with Crippen molar-refractivity contribution in [1.29, 1.82) is 0 Å². The van der Waals surface area contributed by atoms with E-state index >= 15 is 0 Å². The molecular weight excluding hydrogens is 254 g/mol. The number of hydrogen-bond donors (Lipinski definition) is 1. The Morgan fingerprint density at radius 3 is 2.35 bits per heavy atom. The van der Waals surface area contributed by atoms with Crippen molar-refractivity contribution in [3.05, 3.63) is 23.8 Å². The third kappa shape index (κ3) is 5.00. The normalized spacial score (nSPS) is 12.8. The van der Waals surface area contributed by atoms with Crippen LogP contribution in [-0.4, -0.2) is 64.8 Å². The summed E-state index contributed by atoms with van der Waals surface area (Å²) in [5.74, 6) is 1.60. The van der Waals surface area contributed by atoms with Crippen LogP contribution in [0.5, 0.6) is 11.5 Å². The second-order valence-electron chi connectivity index (χ2n) is 5.28. The van der Waals surface area contributed by atoms with Gasteiger partial charge in [-0.2, -0.15) is 0 Å². The Morgan fingerprint density at radius 2 is 1.80 bits per heavy atom. The summed E-state index contributed by atoms with van der Waals surface area (Å²) in [5, 5.41) is 0. The van der Waals surface area contributed by atoms with Crippen molar-refractivity contribution in [3.8, 4) is 11.5 Å². The van der Waals surface area contributed by atoms with Crippen LogP contribution in [0.15, 0.2) is 18.2 Å². The Kier molecular flexibility index (Phi) is 6.78. The molecule has 1 rings (SSSR count). The molecule has 1 atom stereocenters. The lowest BCUT2D eigenvalue weighted by molar-refractivity contribution is 0.267. The molecule has 0 saturated carbocycles. The maximum absolute atomic E-state index is 6.31. The van der Waals surface area contributed by atoms with Crippen molar-refractivity contribution in [2.24, 2.45) is 5.73 Å². The summed E-state index contributed by atoms with van der Waals surface area (Å²) in [6.07, 6.45) is 0. The Balaban J connectivity index is 2.72. The van der Waals surface area contributed by atoms with Crippen molar-refractivity contribution >= 4 is 0 Å². The Morgan fingerprint density at radius 1 is 1.10 bits per heavy atom. The van der Waals surface area contributed by atoms with Crippen molar-refractivity contribution in [1.82, 2.24) is 9.80 Å². The summed E-state index contributed by atoms with van der Waals surface area (Å²) in [6.45, 7) is 2.77. The van der Waals surface area contributed by atoms with Crippen LogP contribution < -0.4 is 15.2 Å². The van der Waals surface area contributed by atoms with Gasteiger partial charge < -0.3 is 25.0 Å². The first-order chi connectivity index (χ1) is 9.47. The van der Waals surface area contributed by atoms with E-state index in [1.165, 1.54) is 0 Å². The molecule has 2 N–H and O–H groups in total. The van der Waals surface area contributed by atoms with E-state index in [4.69, 9.17) is 15.2 Å². The molecule has 5 heteroatoms. The fourth-order valence-corrected chi connectivity index (χ4v) is 2.03. The topological polar surface area (TPSA) is 51.0 Å². The summed E-state index contributed by atoms with van der Waals surface area (Å²) in [5.41, 5.74) is 7.29. The summed E-state index contributed by atoms with van der Waals surface area (Å²) < 4.78 is 10.6. The molecule has 1 aromatic carbocycles. The molecule has 0 radical (unpaired) electrons. The number of ether oxygens (including phenoxy) is 2. The van der Waals surface area contributed by atoms with Crippen LogP contribution in [0, 0.1) is 0 Å². The van der Waals surface area contributed by atoms with Crippen LogP contribution in [0.2, 0.25) is 0 Å². The Labute approximate surface area is 122 Å². The lowest BCUT2D eigenvalue weighted by Gasteiger charge is -2.24. The molecule has 0 amide bonds. The maximum atomic E-state index is 6.31. The lowest BCUT2D eigenvalue weighted by atomic mass is 10.1. The minimum absolute atomic E-state index is 0.104. The van der Waals surface area contributed by atoms with E-state index in [1.54, 1.807) is 14.2 Å². The van der Waals surface area contributed by atoms with Gasteiger partial charge in [0.15, 0.2) is 0 Å². The highest BCUT2D eigenvalue weighted by atomic mass is 16.5. The monoisotopic (exact) mass is 281 g/mol. The van der Waals surface area contributed by atoms with Crippen LogP contribution in [0.4, 0.5) is 0 Å². The van der Waals surface area contributed by atoms with Gasteiger partial charge in [-0.05, 0) is 39.3 Å². The van der Waals surface area contributed by atoms with Gasteiger partial charge in [-0.3, -0.25) is 0 Å². The zero-order valence-corrected chi connectivity index (χ0v) is 13.2. The molecule has 1 unspecified atom stereocenters. The van der Waals surface area contributed by atoms with Crippen molar-refractivity contribution in [2.45, 2.75) is 6.04 Å². The first-order valence-corrected chi connectivity index (χ1v) is 6.78.